The fourth-order valence-corrected chi connectivity index (χ4v) is 3.42. The van der Waals surface area contributed by atoms with Gasteiger partial charge in [0.2, 0.25) is 0 Å². The minimum atomic E-state index is -1.29. The number of benzene rings is 1. The molecule has 1 fully saturated rings. The number of rotatable bonds is 3. The summed E-state index contributed by atoms with van der Waals surface area (Å²) in [6.45, 7) is 0.767. The number of carbonyl (C=O) groups is 1. The third-order valence-corrected chi connectivity index (χ3v) is 4.90. The smallest absolute Gasteiger partial charge is 0.273 e. The van der Waals surface area contributed by atoms with Crippen LogP contribution in [0.15, 0.2) is 35.7 Å². The van der Waals surface area contributed by atoms with Crippen LogP contribution < -0.4 is 0 Å². The van der Waals surface area contributed by atoms with Gasteiger partial charge in [0.05, 0.1) is 11.1 Å². The van der Waals surface area contributed by atoms with Crippen LogP contribution in [0, 0.1) is 11.3 Å². The van der Waals surface area contributed by atoms with Gasteiger partial charge in [0.15, 0.2) is 5.60 Å². The van der Waals surface area contributed by atoms with Crippen LogP contribution in [0.4, 0.5) is 0 Å². The number of carbonyl (C=O) groups excluding carboxylic acids is 1. The lowest BCUT2D eigenvalue weighted by atomic mass is 9.93. The molecule has 5 nitrogen and oxygen atoms in total. The Kier molecular flexibility index (Phi) is 4.42. The Morgan fingerprint density at radius 2 is 2.04 bits per heavy atom. The van der Waals surface area contributed by atoms with Gasteiger partial charge in [-0.15, -0.1) is 11.3 Å². The second-order valence-corrected chi connectivity index (χ2v) is 6.67. The first kappa shape index (κ1) is 15.7. The Balaban J connectivity index is 1.64. The number of amides is 1. The van der Waals surface area contributed by atoms with Crippen LogP contribution in [-0.4, -0.2) is 39.6 Å². The van der Waals surface area contributed by atoms with Crippen LogP contribution in [0.3, 0.4) is 0 Å². The third-order valence-electron chi connectivity index (χ3n) is 4.05. The number of piperidine rings is 1. The molecule has 0 saturated carbocycles. The number of nitriles is 1. The van der Waals surface area contributed by atoms with Gasteiger partial charge in [-0.05, 0) is 5.56 Å². The van der Waals surface area contributed by atoms with E-state index in [2.05, 4.69) is 4.98 Å². The van der Waals surface area contributed by atoms with Gasteiger partial charge in [-0.3, -0.25) is 4.79 Å². The van der Waals surface area contributed by atoms with E-state index in [1.54, 1.807) is 10.3 Å². The van der Waals surface area contributed by atoms with E-state index in [1.165, 1.54) is 11.3 Å². The first-order chi connectivity index (χ1) is 11.1. The lowest BCUT2D eigenvalue weighted by Crippen LogP contribution is -2.46. The van der Waals surface area contributed by atoms with Crippen LogP contribution in [-0.2, 0) is 6.42 Å². The molecule has 23 heavy (non-hydrogen) atoms. The predicted molar refractivity (Wildman–Crippen MR) is 87.1 cm³/mol. The Morgan fingerprint density at radius 3 is 2.70 bits per heavy atom. The Morgan fingerprint density at radius 1 is 1.35 bits per heavy atom. The molecule has 1 amide bonds. The summed E-state index contributed by atoms with van der Waals surface area (Å²) in [4.78, 5) is 18.6. The minimum Gasteiger partial charge on any atom is -0.375 e. The second-order valence-electron chi connectivity index (χ2n) is 5.72. The van der Waals surface area contributed by atoms with Gasteiger partial charge in [-0.1, -0.05) is 30.3 Å². The van der Waals surface area contributed by atoms with Crippen molar-refractivity contribution < 1.29 is 9.90 Å². The van der Waals surface area contributed by atoms with Crippen molar-refractivity contribution in [2.45, 2.75) is 24.9 Å². The van der Waals surface area contributed by atoms with Crippen molar-refractivity contribution in [2.75, 3.05) is 13.1 Å². The molecular weight excluding hydrogens is 310 g/mol. The number of hydrogen-bond acceptors (Lipinski definition) is 5. The maximum Gasteiger partial charge on any atom is 0.273 e. The van der Waals surface area contributed by atoms with Crippen molar-refractivity contribution in [3.8, 4) is 6.07 Å². The summed E-state index contributed by atoms with van der Waals surface area (Å²) < 4.78 is 0. The zero-order chi connectivity index (χ0) is 16.3. The van der Waals surface area contributed by atoms with Gasteiger partial charge in [-0.2, -0.15) is 5.26 Å². The zero-order valence-corrected chi connectivity index (χ0v) is 13.4. The van der Waals surface area contributed by atoms with Gasteiger partial charge in [0.25, 0.3) is 5.91 Å². The molecule has 3 rings (SSSR count). The first-order valence-corrected chi connectivity index (χ1v) is 8.39. The maximum atomic E-state index is 12.5. The number of nitrogens with zero attached hydrogens (tertiary/aromatic N) is 3. The van der Waals surface area contributed by atoms with Crippen molar-refractivity contribution in [1.82, 2.24) is 9.88 Å². The number of likely N-dealkylation sites (tertiary alicyclic amines) is 1. The summed E-state index contributed by atoms with van der Waals surface area (Å²) in [7, 11) is 0. The molecule has 1 aliphatic heterocycles. The molecule has 0 aliphatic carbocycles. The highest BCUT2D eigenvalue weighted by molar-refractivity contribution is 7.09. The highest BCUT2D eigenvalue weighted by Crippen LogP contribution is 2.23. The van der Waals surface area contributed by atoms with Gasteiger partial charge < -0.3 is 10.0 Å². The Bertz CT molecular complexity index is 728. The van der Waals surface area contributed by atoms with Crippen LogP contribution in [0.2, 0.25) is 0 Å². The van der Waals surface area contributed by atoms with E-state index >= 15 is 0 Å². The minimum absolute atomic E-state index is 0.124. The molecule has 1 aromatic carbocycles. The van der Waals surface area contributed by atoms with Crippen LogP contribution >= 0.6 is 11.3 Å². The molecular formula is C17H17N3O2S. The molecule has 2 heterocycles. The molecule has 0 bridgehead atoms. The SMILES string of the molecule is N#CC1(O)CCN(C(=O)c2csc(Cc3ccccc3)n2)CC1. The van der Waals surface area contributed by atoms with Crippen LogP contribution in [0.1, 0.15) is 33.9 Å². The first-order valence-electron chi connectivity index (χ1n) is 7.51. The van der Waals surface area contributed by atoms with Gasteiger partial charge >= 0.3 is 0 Å². The molecule has 0 radical (unpaired) electrons. The number of aromatic nitrogens is 1. The average Bonchev–Trinajstić information content (AvgIpc) is 3.04. The number of thiazole rings is 1. The molecule has 6 heteroatoms. The summed E-state index contributed by atoms with van der Waals surface area (Å²) in [5, 5.41) is 21.5. The molecule has 0 atom stereocenters. The molecule has 1 aliphatic rings. The topological polar surface area (TPSA) is 77.2 Å². The van der Waals surface area contributed by atoms with Crippen molar-refractivity contribution in [1.29, 1.82) is 5.26 Å². The number of hydrogen-bond donors (Lipinski definition) is 1. The number of aliphatic hydroxyl groups is 1. The fourth-order valence-electron chi connectivity index (χ4n) is 2.61. The quantitative estimate of drug-likeness (QED) is 0.877. The fraction of sp³-hybridized carbons (Fsp3) is 0.353. The van der Waals surface area contributed by atoms with Crippen molar-refractivity contribution in [2.24, 2.45) is 0 Å². The lowest BCUT2D eigenvalue weighted by Gasteiger charge is -2.33. The normalized spacial score (nSPS) is 16.8. The standard InChI is InChI=1S/C17H17N3O2S/c18-12-17(22)6-8-20(9-7-17)16(21)14-11-23-15(19-14)10-13-4-2-1-3-5-13/h1-5,11,22H,6-10H2. The van der Waals surface area contributed by atoms with E-state index in [0.29, 0.717) is 25.2 Å². The van der Waals surface area contributed by atoms with Crippen LogP contribution in [0.25, 0.3) is 0 Å². The highest BCUT2D eigenvalue weighted by atomic mass is 32.1. The van der Waals surface area contributed by atoms with Crippen molar-refractivity contribution >= 4 is 17.2 Å². The summed E-state index contributed by atoms with van der Waals surface area (Å²) in [6, 6.07) is 11.9. The molecule has 1 saturated heterocycles. The summed E-state index contributed by atoms with van der Waals surface area (Å²) >= 11 is 1.48. The molecule has 2 aromatic rings. The van der Waals surface area contributed by atoms with E-state index in [9.17, 15) is 9.90 Å². The largest absolute Gasteiger partial charge is 0.375 e. The molecule has 1 aromatic heterocycles. The van der Waals surface area contributed by atoms with Crippen molar-refractivity contribution in [3.63, 3.8) is 0 Å². The van der Waals surface area contributed by atoms with E-state index in [1.807, 2.05) is 36.4 Å². The average molecular weight is 327 g/mol. The predicted octanol–water partition coefficient (Wildman–Crippen LogP) is 2.22. The maximum absolute atomic E-state index is 12.5. The molecule has 118 valence electrons. The van der Waals surface area contributed by atoms with E-state index < -0.39 is 5.60 Å². The van der Waals surface area contributed by atoms with Gasteiger partial charge in [-0.25, -0.2) is 4.98 Å². The molecule has 0 spiro atoms. The van der Waals surface area contributed by atoms with Gasteiger partial charge in [0.1, 0.15) is 5.69 Å². The van der Waals surface area contributed by atoms with Crippen LogP contribution in [0.5, 0.6) is 0 Å². The van der Waals surface area contributed by atoms with E-state index in [4.69, 9.17) is 5.26 Å². The van der Waals surface area contributed by atoms with E-state index in [-0.39, 0.29) is 18.7 Å². The Labute approximate surface area is 138 Å². The highest BCUT2D eigenvalue weighted by Gasteiger charge is 2.34. The summed E-state index contributed by atoms with van der Waals surface area (Å²) in [6.07, 6.45) is 1.29. The summed E-state index contributed by atoms with van der Waals surface area (Å²) in [5.74, 6) is -0.124. The summed E-state index contributed by atoms with van der Waals surface area (Å²) in [5.41, 5.74) is 0.318. The lowest BCUT2D eigenvalue weighted by molar-refractivity contribution is 0.0233. The molecule has 1 N–H and O–H groups in total. The zero-order valence-electron chi connectivity index (χ0n) is 12.6. The monoisotopic (exact) mass is 327 g/mol. The van der Waals surface area contributed by atoms with E-state index in [0.717, 1.165) is 10.6 Å². The second kappa shape index (κ2) is 6.49. The van der Waals surface area contributed by atoms with Gasteiger partial charge in [0, 0.05) is 37.7 Å². The molecule has 0 unspecified atom stereocenters. The third kappa shape index (κ3) is 3.58. The Hall–Kier alpha value is -2.23. The van der Waals surface area contributed by atoms with Crippen molar-refractivity contribution in [3.05, 3.63) is 52.0 Å².